The third-order valence-electron chi connectivity index (χ3n) is 6.32. The molecule has 1 fully saturated rings. The first-order valence-corrected chi connectivity index (χ1v) is 11.8. The number of carbonyl (C=O) groups is 2. The average Bonchev–Trinajstić information content (AvgIpc) is 2.87. The van der Waals surface area contributed by atoms with E-state index in [4.69, 9.17) is 14.2 Å². The van der Waals surface area contributed by atoms with Crippen molar-refractivity contribution in [3.63, 3.8) is 0 Å². The SMILES string of the molecule is COc1ccnc(N2CCC(C(=O)OC(C(=O)NC3CCOc4ccccc43)C(C)C)CC2)n1. The standard InChI is InChI=1S/C25H32N4O5/c1-16(2)22(23(30)27-19-11-15-33-20-7-5-4-6-18(19)20)34-24(31)17-9-13-29(14-10-17)25-26-12-8-21(28-25)32-3/h4-8,12,16-17,19,22H,9-11,13-15H2,1-3H3,(H,27,30). The van der Waals surface area contributed by atoms with Gasteiger partial charge in [0, 0.05) is 37.3 Å². The van der Waals surface area contributed by atoms with Crippen LogP contribution in [0.15, 0.2) is 36.5 Å². The average molecular weight is 469 g/mol. The lowest BCUT2D eigenvalue weighted by atomic mass is 9.96. The molecule has 2 atom stereocenters. The van der Waals surface area contributed by atoms with Crippen LogP contribution in [0.1, 0.15) is 44.7 Å². The summed E-state index contributed by atoms with van der Waals surface area (Å²) in [6.45, 7) is 5.56. The summed E-state index contributed by atoms with van der Waals surface area (Å²) in [5.74, 6) is 0.861. The van der Waals surface area contributed by atoms with Crippen molar-refractivity contribution in [1.29, 1.82) is 0 Å². The first-order valence-electron chi connectivity index (χ1n) is 11.8. The third kappa shape index (κ3) is 5.40. The Bertz CT molecular complexity index is 1010. The second-order valence-electron chi connectivity index (χ2n) is 9.00. The molecule has 0 aliphatic carbocycles. The lowest BCUT2D eigenvalue weighted by molar-refractivity contribution is -0.163. The minimum atomic E-state index is -0.845. The van der Waals surface area contributed by atoms with Gasteiger partial charge in [-0.05, 0) is 24.8 Å². The van der Waals surface area contributed by atoms with E-state index in [9.17, 15) is 9.59 Å². The number of nitrogens with one attached hydrogen (secondary N) is 1. The Balaban J connectivity index is 1.34. The Hall–Kier alpha value is -3.36. The summed E-state index contributed by atoms with van der Waals surface area (Å²) >= 11 is 0. The van der Waals surface area contributed by atoms with Crippen LogP contribution in [0.25, 0.3) is 0 Å². The lowest BCUT2D eigenvalue weighted by Crippen LogP contribution is -2.45. The highest BCUT2D eigenvalue weighted by molar-refractivity contribution is 5.85. The molecule has 2 aliphatic rings. The molecule has 1 N–H and O–H groups in total. The molecule has 2 unspecified atom stereocenters. The van der Waals surface area contributed by atoms with Gasteiger partial charge in [0.2, 0.25) is 11.8 Å². The van der Waals surface area contributed by atoms with Gasteiger partial charge in [0.1, 0.15) is 5.75 Å². The Labute approximate surface area is 199 Å². The molecule has 1 aromatic heterocycles. The van der Waals surface area contributed by atoms with Crippen LogP contribution in [0, 0.1) is 11.8 Å². The number of nitrogens with zero attached hydrogens (tertiary/aromatic N) is 3. The lowest BCUT2D eigenvalue weighted by Gasteiger charge is -2.32. The quantitative estimate of drug-likeness (QED) is 0.619. The smallest absolute Gasteiger partial charge is 0.309 e. The summed E-state index contributed by atoms with van der Waals surface area (Å²) in [4.78, 5) is 36.8. The summed E-state index contributed by atoms with van der Waals surface area (Å²) in [6, 6.07) is 9.22. The highest BCUT2D eigenvalue weighted by Gasteiger charge is 2.34. The molecule has 0 spiro atoms. The third-order valence-corrected chi connectivity index (χ3v) is 6.32. The van der Waals surface area contributed by atoms with E-state index in [1.54, 1.807) is 19.4 Å². The maximum atomic E-state index is 13.1. The predicted octanol–water partition coefficient (Wildman–Crippen LogP) is 2.91. The number of hydrogen-bond acceptors (Lipinski definition) is 8. The number of anilines is 1. The largest absolute Gasteiger partial charge is 0.493 e. The van der Waals surface area contributed by atoms with Gasteiger partial charge >= 0.3 is 5.97 Å². The van der Waals surface area contributed by atoms with E-state index in [1.807, 2.05) is 43.0 Å². The number of ether oxygens (including phenoxy) is 3. The number of amides is 1. The normalized spacial score (nSPS) is 19.1. The van der Waals surface area contributed by atoms with Crippen molar-refractivity contribution in [2.24, 2.45) is 11.8 Å². The van der Waals surface area contributed by atoms with E-state index in [0.717, 1.165) is 11.3 Å². The van der Waals surface area contributed by atoms with Crippen LogP contribution < -0.4 is 19.7 Å². The zero-order valence-corrected chi connectivity index (χ0v) is 19.9. The molecule has 0 bridgehead atoms. The maximum absolute atomic E-state index is 13.1. The van der Waals surface area contributed by atoms with Crippen molar-refractivity contribution < 1.29 is 23.8 Å². The second kappa shape index (κ2) is 10.7. The van der Waals surface area contributed by atoms with Crippen LogP contribution in [0.5, 0.6) is 11.6 Å². The van der Waals surface area contributed by atoms with Crippen LogP contribution >= 0.6 is 0 Å². The zero-order chi connectivity index (χ0) is 24.1. The number of rotatable bonds is 7. The van der Waals surface area contributed by atoms with E-state index in [-0.39, 0.29) is 29.8 Å². The molecule has 0 radical (unpaired) electrons. The summed E-state index contributed by atoms with van der Waals surface area (Å²) in [7, 11) is 1.57. The van der Waals surface area contributed by atoms with Crippen LogP contribution in [-0.4, -0.2) is 54.8 Å². The number of carbonyl (C=O) groups excluding carboxylic acids is 2. The van der Waals surface area contributed by atoms with Crippen molar-refractivity contribution in [2.45, 2.75) is 45.3 Å². The maximum Gasteiger partial charge on any atom is 0.309 e. The zero-order valence-electron chi connectivity index (χ0n) is 19.9. The van der Waals surface area contributed by atoms with E-state index in [1.165, 1.54) is 0 Å². The van der Waals surface area contributed by atoms with Gasteiger partial charge in [-0.25, -0.2) is 4.98 Å². The van der Waals surface area contributed by atoms with Gasteiger partial charge in [-0.15, -0.1) is 0 Å². The van der Waals surface area contributed by atoms with Crippen LogP contribution in [0.4, 0.5) is 5.95 Å². The molecule has 0 saturated carbocycles. The molecule has 1 amide bonds. The number of fused-ring (bicyclic) bond motifs is 1. The first kappa shape index (κ1) is 23.8. The molecule has 9 nitrogen and oxygen atoms in total. The van der Waals surface area contributed by atoms with Gasteiger partial charge < -0.3 is 24.4 Å². The van der Waals surface area contributed by atoms with E-state index in [2.05, 4.69) is 15.3 Å². The van der Waals surface area contributed by atoms with Gasteiger partial charge in [-0.3, -0.25) is 9.59 Å². The molecule has 1 saturated heterocycles. The fraction of sp³-hybridized carbons (Fsp3) is 0.520. The number of benzene rings is 1. The van der Waals surface area contributed by atoms with Gasteiger partial charge in [0.15, 0.2) is 6.10 Å². The van der Waals surface area contributed by atoms with E-state index < -0.39 is 6.10 Å². The summed E-state index contributed by atoms with van der Waals surface area (Å²) < 4.78 is 16.6. The molecule has 4 rings (SSSR count). The minimum Gasteiger partial charge on any atom is -0.493 e. The van der Waals surface area contributed by atoms with E-state index >= 15 is 0 Å². The van der Waals surface area contributed by atoms with Crippen molar-refractivity contribution in [1.82, 2.24) is 15.3 Å². The number of aromatic nitrogens is 2. The molecule has 3 heterocycles. The predicted molar refractivity (Wildman–Crippen MR) is 126 cm³/mol. The van der Waals surface area contributed by atoms with Crippen molar-refractivity contribution in [3.8, 4) is 11.6 Å². The monoisotopic (exact) mass is 468 g/mol. The van der Waals surface area contributed by atoms with E-state index in [0.29, 0.717) is 50.8 Å². The molecule has 1 aromatic carbocycles. The molecular formula is C25H32N4O5. The number of methoxy groups -OCH3 is 1. The Morgan fingerprint density at radius 3 is 2.65 bits per heavy atom. The molecule has 34 heavy (non-hydrogen) atoms. The van der Waals surface area contributed by atoms with Crippen molar-refractivity contribution in [3.05, 3.63) is 42.1 Å². The fourth-order valence-corrected chi connectivity index (χ4v) is 4.37. The highest BCUT2D eigenvalue weighted by atomic mass is 16.5. The topological polar surface area (TPSA) is 103 Å². The minimum absolute atomic E-state index is 0.149. The summed E-state index contributed by atoms with van der Waals surface area (Å²) in [5.41, 5.74) is 0.947. The number of hydrogen-bond donors (Lipinski definition) is 1. The Kier molecular flexibility index (Phi) is 7.49. The molecule has 2 aliphatic heterocycles. The molecule has 182 valence electrons. The highest BCUT2D eigenvalue weighted by Crippen LogP contribution is 2.32. The van der Waals surface area contributed by atoms with Crippen LogP contribution in [0.2, 0.25) is 0 Å². The molecule has 9 heteroatoms. The second-order valence-corrected chi connectivity index (χ2v) is 9.00. The van der Waals surface area contributed by atoms with Crippen molar-refractivity contribution >= 4 is 17.8 Å². The summed E-state index contributed by atoms with van der Waals surface area (Å²) in [5, 5.41) is 3.07. The van der Waals surface area contributed by atoms with Crippen LogP contribution in [-0.2, 0) is 14.3 Å². The van der Waals surface area contributed by atoms with Gasteiger partial charge in [-0.1, -0.05) is 32.0 Å². The molecule has 2 aromatic rings. The van der Waals surface area contributed by atoms with Gasteiger partial charge in [0.05, 0.1) is 25.7 Å². The summed E-state index contributed by atoms with van der Waals surface area (Å²) in [6.07, 6.45) is 2.71. The Morgan fingerprint density at radius 1 is 1.15 bits per heavy atom. The van der Waals surface area contributed by atoms with Crippen molar-refractivity contribution in [2.75, 3.05) is 31.7 Å². The van der Waals surface area contributed by atoms with Gasteiger partial charge in [-0.2, -0.15) is 4.98 Å². The first-order chi connectivity index (χ1) is 16.5. The fourth-order valence-electron chi connectivity index (χ4n) is 4.37. The molecular weight excluding hydrogens is 436 g/mol. The Morgan fingerprint density at radius 2 is 1.91 bits per heavy atom. The number of piperidine rings is 1. The number of esters is 1. The van der Waals surface area contributed by atoms with Gasteiger partial charge in [0.25, 0.3) is 5.91 Å². The van der Waals surface area contributed by atoms with Crippen LogP contribution in [0.3, 0.4) is 0 Å². The number of para-hydroxylation sites is 1.